The highest BCUT2D eigenvalue weighted by Gasteiger charge is 2.11. The van der Waals surface area contributed by atoms with Crippen LogP contribution in [0.15, 0.2) is 48.5 Å². The number of amides is 1. The zero-order chi connectivity index (χ0) is 17.4. The van der Waals surface area contributed by atoms with Crippen LogP contribution in [0.25, 0.3) is 0 Å². The molecule has 0 aliphatic rings. The Morgan fingerprint density at radius 1 is 1.08 bits per heavy atom. The second-order valence-corrected chi connectivity index (χ2v) is 6.31. The lowest BCUT2D eigenvalue weighted by Crippen LogP contribution is -2.87. The molecule has 0 saturated carbocycles. The molecule has 0 unspecified atom stereocenters. The van der Waals surface area contributed by atoms with Crippen molar-refractivity contribution in [2.24, 2.45) is 0 Å². The molecule has 128 valence electrons. The number of halogens is 2. The van der Waals surface area contributed by atoms with Crippen LogP contribution in [0, 0.1) is 0 Å². The Morgan fingerprint density at radius 2 is 1.67 bits per heavy atom. The molecule has 0 aliphatic heterocycles. The Bertz CT molecular complexity index is 645. The molecule has 1 amide bonds. The van der Waals surface area contributed by atoms with Crippen molar-refractivity contribution in [1.29, 1.82) is 0 Å². The van der Waals surface area contributed by atoms with E-state index in [1.807, 2.05) is 29.6 Å². The third-order valence-corrected chi connectivity index (χ3v) is 4.06. The number of nitrogens with two attached hydrogens (primary N) is 1. The summed E-state index contributed by atoms with van der Waals surface area (Å²) in [4.78, 5) is 11.9. The summed E-state index contributed by atoms with van der Waals surface area (Å²) in [5, 5.41) is 6.20. The molecule has 0 aromatic heterocycles. The molecule has 0 heterocycles. The predicted octanol–water partition coefficient (Wildman–Crippen LogP) is 2.81. The van der Waals surface area contributed by atoms with Gasteiger partial charge in [0.05, 0.1) is 6.54 Å². The van der Waals surface area contributed by atoms with Crippen LogP contribution in [0.5, 0.6) is 5.75 Å². The van der Waals surface area contributed by atoms with Crippen LogP contribution in [0.3, 0.4) is 0 Å². The monoisotopic (exact) mass is 367 g/mol. The molecule has 24 heavy (non-hydrogen) atoms. The lowest BCUT2D eigenvalue weighted by Gasteiger charge is -2.11. The van der Waals surface area contributed by atoms with Crippen molar-refractivity contribution in [1.82, 2.24) is 5.32 Å². The van der Waals surface area contributed by atoms with Gasteiger partial charge < -0.3 is 15.4 Å². The molecule has 2 aromatic rings. The van der Waals surface area contributed by atoms with E-state index in [1.165, 1.54) is 0 Å². The molecule has 0 fully saturated rings. The largest absolute Gasteiger partial charge is 0.492 e. The van der Waals surface area contributed by atoms with E-state index in [0.717, 1.165) is 11.3 Å². The minimum atomic E-state index is -0.0180. The van der Waals surface area contributed by atoms with Crippen LogP contribution < -0.4 is 15.4 Å². The van der Waals surface area contributed by atoms with Crippen molar-refractivity contribution >= 4 is 29.1 Å². The van der Waals surface area contributed by atoms with Gasteiger partial charge in [0.15, 0.2) is 6.54 Å². The van der Waals surface area contributed by atoms with Gasteiger partial charge in [-0.05, 0) is 43.3 Å². The highest BCUT2D eigenvalue weighted by Crippen LogP contribution is 2.15. The van der Waals surface area contributed by atoms with Gasteiger partial charge in [0.25, 0.3) is 5.91 Å². The third-order valence-electron chi connectivity index (χ3n) is 3.56. The smallest absolute Gasteiger partial charge is 0.275 e. The minimum absolute atomic E-state index is 0.0180. The lowest BCUT2D eigenvalue weighted by atomic mass is 10.1. The summed E-state index contributed by atoms with van der Waals surface area (Å²) in [6.07, 6.45) is 0. The number of quaternary nitrogens is 1. The van der Waals surface area contributed by atoms with Crippen LogP contribution in [0.2, 0.25) is 10.0 Å². The molecule has 6 heteroatoms. The van der Waals surface area contributed by atoms with Gasteiger partial charge in [-0.1, -0.05) is 35.3 Å². The second-order valence-electron chi connectivity index (χ2n) is 5.43. The molecule has 1 atom stereocenters. The molecule has 2 rings (SSSR count). The molecule has 4 nitrogen and oxygen atoms in total. The summed E-state index contributed by atoms with van der Waals surface area (Å²) in [6.45, 7) is 3.30. The quantitative estimate of drug-likeness (QED) is 0.704. The molecule has 0 bridgehead atoms. The van der Waals surface area contributed by atoms with Crippen molar-refractivity contribution in [3.63, 3.8) is 0 Å². The second kappa shape index (κ2) is 9.52. The number of hydrogen-bond acceptors (Lipinski definition) is 2. The Labute approximate surface area is 152 Å². The van der Waals surface area contributed by atoms with Crippen LogP contribution in [-0.2, 0) is 4.79 Å². The summed E-state index contributed by atoms with van der Waals surface area (Å²) in [7, 11) is 0. The van der Waals surface area contributed by atoms with Gasteiger partial charge in [-0.25, -0.2) is 0 Å². The van der Waals surface area contributed by atoms with E-state index in [-0.39, 0.29) is 11.9 Å². The number of benzene rings is 2. The number of carbonyl (C=O) groups excluding carboxylic acids is 1. The first kappa shape index (κ1) is 18.6. The molecule has 3 N–H and O–H groups in total. The highest BCUT2D eigenvalue weighted by molar-refractivity contribution is 6.30. The van der Waals surface area contributed by atoms with Crippen LogP contribution >= 0.6 is 23.2 Å². The first-order chi connectivity index (χ1) is 11.5. The topological polar surface area (TPSA) is 54.9 Å². The predicted molar refractivity (Wildman–Crippen MR) is 96.6 cm³/mol. The first-order valence-electron chi connectivity index (χ1n) is 7.78. The number of rotatable bonds is 8. The molecular formula is C18H21Cl2N2O2+. The summed E-state index contributed by atoms with van der Waals surface area (Å²) in [5.41, 5.74) is 1.14. The lowest BCUT2D eigenvalue weighted by molar-refractivity contribution is -0.682. The fraction of sp³-hybridized carbons (Fsp3) is 0.278. The fourth-order valence-corrected chi connectivity index (χ4v) is 2.40. The van der Waals surface area contributed by atoms with E-state index in [0.29, 0.717) is 29.7 Å². The third kappa shape index (κ3) is 6.40. The zero-order valence-corrected chi connectivity index (χ0v) is 15.0. The number of hydrogen-bond donors (Lipinski definition) is 2. The average molecular weight is 368 g/mol. The van der Waals surface area contributed by atoms with Gasteiger partial charge in [0, 0.05) is 15.6 Å². The summed E-state index contributed by atoms with van der Waals surface area (Å²) >= 11 is 11.7. The van der Waals surface area contributed by atoms with Gasteiger partial charge in [0.1, 0.15) is 18.4 Å². The Balaban J connectivity index is 1.62. The van der Waals surface area contributed by atoms with Gasteiger partial charge in [-0.15, -0.1) is 0 Å². The molecule has 0 saturated heterocycles. The number of ether oxygens (including phenoxy) is 1. The SMILES string of the molecule is C[C@@H]([NH2+]CC(=O)NCCOc1ccc(Cl)cc1)c1ccc(Cl)cc1. The minimum Gasteiger partial charge on any atom is -0.492 e. The van der Waals surface area contributed by atoms with Gasteiger partial charge in [0.2, 0.25) is 0 Å². The van der Waals surface area contributed by atoms with E-state index in [4.69, 9.17) is 27.9 Å². The number of nitrogens with one attached hydrogen (secondary N) is 1. The molecule has 0 aliphatic carbocycles. The van der Waals surface area contributed by atoms with Crippen molar-refractivity contribution in [2.75, 3.05) is 19.7 Å². The van der Waals surface area contributed by atoms with Gasteiger partial charge in [-0.3, -0.25) is 4.79 Å². The highest BCUT2D eigenvalue weighted by atomic mass is 35.5. The van der Waals surface area contributed by atoms with Gasteiger partial charge in [-0.2, -0.15) is 0 Å². The maximum absolute atomic E-state index is 11.9. The standard InChI is InChI=1S/C18H20Cl2N2O2/c1-13(14-2-4-15(19)5-3-14)22-12-18(23)21-10-11-24-17-8-6-16(20)7-9-17/h2-9,13,22H,10-12H2,1H3,(H,21,23)/p+1/t13-/m1/s1. The molecule has 0 radical (unpaired) electrons. The summed E-state index contributed by atoms with van der Waals surface area (Å²) < 4.78 is 5.52. The van der Waals surface area contributed by atoms with Crippen molar-refractivity contribution < 1.29 is 14.8 Å². The first-order valence-corrected chi connectivity index (χ1v) is 8.54. The molecule has 2 aromatic carbocycles. The number of carbonyl (C=O) groups is 1. The zero-order valence-electron chi connectivity index (χ0n) is 13.5. The van der Waals surface area contributed by atoms with E-state index >= 15 is 0 Å². The van der Waals surface area contributed by atoms with Crippen molar-refractivity contribution in [3.05, 3.63) is 64.1 Å². The normalized spacial score (nSPS) is 11.8. The van der Waals surface area contributed by atoms with Crippen molar-refractivity contribution in [3.8, 4) is 5.75 Å². The molecule has 0 spiro atoms. The van der Waals surface area contributed by atoms with Crippen molar-refractivity contribution in [2.45, 2.75) is 13.0 Å². The average Bonchev–Trinajstić information content (AvgIpc) is 2.59. The van der Waals surface area contributed by atoms with Gasteiger partial charge >= 0.3 is 0 Å². The Hall–Kier alpha value is -1.75. The van der Waals surface area contributed by atoms with E-state index < -0.39 is 0 Å². The van der Waals surface area contributed by atoms with E-state index in [1.54, 1.807) is 24.3 Å². The molecular weight excluding hydrogens is 347 g/mol. The summed E-state index contributed by atoms with van der Waals surface area (Å²) in [6, 6.07) is 15.0. The van der Waals surface area contributed by atoms with Crippen LogP contribution in [-0.4, -0.2) is 25.6 Å². The van der Waals surface area contributed by atoms with E-state index in [9.17, 15) is 4.79 Å². The maximum Gasteiger partial charge on any atom is 0.275 e. The fourth-order valence-electron chi connectivity index (χ4n) is 2.15. The van der Waals surface area contributed by atoms with E-state index in [2.05, 4.69) is 12.2 Å². The maximum atomic E-state index is 11.9. The Kier molecular flexibility index (Phi) is 7.37. The van der Waals surface area contributed by atoms with Crippen LogP contribution in [0.4, 0.5) is 0 Å². The summed E-state index contributed by atoms with van der Waals surface area (Å²) in [5.74, 6) is 0.715. The van der Waals surface area contributed by atoms with Crippen LogP contribution in [0.1, 0.15) is 18.5 Å². The Morgan fingerprint density at radius 3 is 2.29 bits per heavy atom.